The van der Waals surface area contributed by atoms with Crippen LogP contribution in [0.15, 0.2) is 18.2 Å². The van der Waals surface area contributed by atoms with Gasteiger partial charge in [-0.1, -0.05) is 29.3 Å². The molecule has 0 aromatic heterocycles. The first-order chi connectivity index (χ1) is 7.80. The zero-order valence-electron chi connectivity index (χ0n) is 8.56. The van der Waals surface area contributed by atoms with Crippen molar-refractivity contribution in [2.75, 3.05) is 6.54 Å². The molecule has 96 valence electrons. The van der Waals surface area contributed by atoms with Gasteiger partial charge in [-0.05, 0) is 17.7 Å². The number of aliphatic hydroxyl groups is 1. The van der Waals surface area contributed by atoms with Crippen LogP contribution in [0.25, 0.3) is 0 Å². The van der Waals surface area contributed by atoms with Crippen molar-refractivity contribution in [1.29, 1.82) is 0 Å². The van der Waals surface area contributed by atoms with E-state index in [9.17, 15) is 13.2 Å². The molecule has 0 fully saturated rings. The van der Waals surface area contributed by atoms with E-state index >= 15 is 0 Å². The summed E-state index contributed by atoms with van der Waals surface area (Å²) in [6.45, 7) is -0.453. The zero-order valence-corrected chi connectivity index (χ0v) is 10.1. The van der Waals surface area contributed by atoms with E-state index in [-0.39, 0.29) is 6.54 Å². The molecule has 0 heterocycles. The number of hydrogen-bond acceptors (Lipinski definition) is 2. The Morgan fingerprint density at radius 2 is 1.94 bits per heavy atom. The molecule has 0 radical (unpaired) electrons. The largest absolute Gasteiger partial charge is 0.415 e. The molecule has 1 rings (SSSR count). The molecule has 0 amide bonds. The minimum Gasteiger partial charge on any atom is -0.382 e. The second-order valence-corrected chi connectivity index (χ2v) is 4.27. The Hall–Kier alpha value is -0.490. The Morgan fingerprint density at radius 3 is 2.47 bits per heavy atom. The molecule has 1 atom stereocenters. The Bertz CT molecular complexity index is 384. The van der Waals surface area contributed by atoms with Crippen LogP contribution in [0.1, 0.15) is 5.56 Å². The van der Waals surface area contributed by atoms with Gasteiger partial charge in [-0.3, -0.25) is 0 Å². The Morgan fingerprint density at radius 1 is 1.29 bits per heavy atom. The molecule has 0 saturated heterocycles. The standard InChI is InChI=1S/C10H10Cl2F3NO/c11-7-2-1-6(8(12)3-7)4-16-5-9(17)10(13,14)15/h1-3,9,16-17H,4-5H2. The first kappa shape index (κ1) is 14.6. The highest BCUT2D eigenvalue weighted by Crippen LogP contribution is 2.21. The van der Waals surface area contributed by atoms with E-state index in [2.05, 4.69) is 5.32 Å². The predicted octanol–water partition coefficient (Wildman–Crippen LogP) is 3.01. The van der Waals surface area contributed by atoms with E-state index in [1.807, 2.05) is 0 Å². The highest BCUT2D eigenvalue weighted by molar-refractivity contribution is 6.35. The van der Waals surface area contributed by atoms with Gasteiger partial charge in [-0.15, -0.1) is 0 Å². The van der Waals surface area contributed by atoms with Crippen LogP contribution >= 0.6 is 23.2 Å². The van der Waals surface area contributed by atoms with Crippen molar-refractivity contribution in [3.8, 4) is 0 Å². The maximum absolute atomic E-state index is 12.0. The van der Waals surface area contributed by atoms with Crippen molar-refractivity contribution in [3.63, 3.8) is 0 Å². The van der Waals surface area contributed by atoms with Crippen LogP contribution in [-0.2, 0) is 6.54 Å². The zero-order chi connectivity index (χ0) is 13.1. The van der Waals surface area contributed by atoms with E-state index in [0.717, 1.165) is 0 Å². The molecule has 17 heavy (non-hydrogen) atoms. The fraction of sp³-hybridized carbons (Fsp3) is 0.400. The minimum atomic E-state index is -4.61. The minimum absolute atomic E-state index is 0.128. The van der Waals surface area contributed by atoms with Crippen molar-refractivity contribution >= 4 is 23.2 Å². The fourth-order valence-corrected chi connectivity index (χ4v) is 1.60. The summed E-state index contributed by atoms with van der Waals surface area (Å²) in [5.74, 6) is 0. The lowest BCUT2D eigenvalue weighted by Crippen LogP contribution is -2.38. The summed E-state index contributed by atoms with van der Waals surface area (Å²) in [5, 5.41) is 12.0. The fourth-order valence-electron chi connectivity index (χ4n) is 1.12. The van der Waals surface area contributed by atoms with Gasteiger partial charge in [0.25, 0.3) is 0 Å². The van der Waals surface area contributed by atoms with Gasteiger partial charge in [0.15, 0.2) is 6.10 Å². The second kappa shape index (κ2) is 5.91. The molecule has 2 N–H and O–H groups in total. The molecule has 0 bridgehead atoms. The Balaban J connectivity index is 2.46. The maximum atomic E-state index is 12.0. The van der Waals surface area contributed by atoms with Crippen molar-refractivity contribution in [1.82, 2.24) is 5.32 Å². The monoisotopic (exact) mass is 287 g/mol. The molecule has 0 aliphatic rings. The molecule has 0 aliphatic carbocycles. The average molecular weight is 288 g/mol. The third kappa shape index (κ3) is 4.71. The summed E-state index contributed by atoms with van der Waals surface area (Å²) in [4.78, 5) is 0. The molecule has 1 aromatic rings. The van der Waals surface area contributed by atoms with Crippen LogP contribution < -0.4 is 5.32 Å². The summed E-state index contributed by atoms with van der Waals surface area (Å²) >= 11 is 11.5. The topological polar surface area (TPSA) is 32.3 Å². The molecule has 7 heteroatoms. The number of alkyl halides is 3. The predicted molar refractivity (Wildman–Crippen MR) is 60.2 cm³/mol. The smallest absolute Gasteiger partial charge is 0.382 e. The third-order valence-electron chi connectivity index (χ3n) is 2.05. The molecule has 1 aromatic carbocycles. The van der Waals surface area contributed by atoms with Gasteiger partial charge in [-0.2, -0.15) is 13.2 Å². The van der Waals surface area contributed by atoms with Gasteiger partial charge in [0.1, 0.15) is 0 Å². The number of halogens is 5. The number of rotatable bonds is 4. The Kier molecular flexibility index (Phi) is 5.06. The number of nitrogens with one attached hydrogen (secondary N) is 1. The first-order valence-corrected chi connectivity index (χ1v) is 5.45. The van der Waals surface area contributed by atoms with Crippen LogP contribution in [0.4, 0.5) is 13.2 Å². The highest BCUT2D eigenvalue weighted by Gasteiger charge is 2.37. The number of hydrogen-bond donors (Lipinski definition) is 2. The van der Waals surface area contributed by atoms with Crippen molar-refractivity contribution in [3.05, 3.63) is 33.8 Å². The van der Waals surface area contributed by atoms with E-state index in [0.29, 0.717) is 15.6 Å². The van der Waals surface area contributed by atoms with Gasteiger partial charge in [0, 0.05) is 23.1 Å². The summed E-state index contributed by atoms with van der Waals surface area (Å²) in [7, 11) is 0. The molecule has 0 saturated carbocycles. The van der Waals surface area contributed by atoms with Crippen molar-refractivity contribution in [2.24, 2.45) is 0 Å². The first-order valence-electron chi connectivity index (χ1n) is 4.70. The lowest BCUT2D eigenvalue weighted by Gasteiger charge is -2.15. The molecule has 2 nitrogen and oxygen atoms in total. The summed E-state index contributed by atoms with van der Waals surface area (Å²) < 4.78 is 35.9. The SMILES string of the molecule is OC(CNCc1ccc(Cl)cc1Cl)C(F)(F)F. The van der Waals surface area contributed by atoms with Gasteiger partial charge < -0.3 is 10.4 Å². The Labute approximate surface area is 106 Å². The van der Waals surface area contributed by atoms with E-state index in [4.69, 9.17) is 28.3 Å². The van der Waals surface area contributed by atoms with Gasteiger partial charge in [-0.25, -0.2) is 0 Å². The van der Waals surface area contributed by atoms with E-state index < -0.39 is 18.8 Å². The molecule has 0 spiro atoms. The molecular weight excluding hydrogens is 278 g/mol. The van der Waals surface area contributed by atoms with Crippen molar-refractivity contribution < 1.29 is 18.3 Å². The third-order valence-corrected chi connectivity index (χ3v) is 2.63. The average Bonchev–Trinajstić information content (AvgIpc) is 2.19. The summed E-state index contributed by atoms with van der Waals surface area (Å²) in [6.07, 6.45) is -7.00. The van der Waals surface area contributed by atoms with Crippen LogP contribution in [0.2, 0.25) is 10.0 Å². The molecular formula is C10H10Cl2F3NO. The summed E-state index contributed by atoms with van der Waals surface area (Å²) in [6, 6.07) is 4.70. The van der Waals surface area contributed by atoms with E-state index in [1.165, 1.54) is 6.07 Å². The lowest BCUT2D eigenvalue weighted by atomic mass is 10.2. The maximum Gasteiger partial charge on any atom is 0.415 e. The van der Waals surface area contributed by atoms with Crippen molar-refractivity contribution in [2.45, 2.75) is 18.8 Å². The normalized spacial score (nSPS) is 13.8. The number of aliphatic hydroxyl groups excluding tert-OH is 1. The lowest BCUT2D eigenvalue weighted by molar-refractivity contribution is -0.201. The van der Waals surface area contributed by atoms with Crippen LogP contribution in [0.5, 0.6) is 0 Å². The second-order valence-electron chi connectivity index (χ2n) is 3.42. The molecule has 1 unspecified atom stereocenters. The van der Waals surface area contributed by atoms with Crippen LogP contribution in [-0.4, -0.2) is 23.9 Å². The highest BCUT2D eigenvalue weighted by atomic mass is 35.5. The summed E-state index contributed by atoms with van der Waals surface area (Å²) in [5.41, 5.74) is 0.616. The van der Waals surface area contributed by atoms with Crippen LogP contribution in [0.3, 0.4) is 0 Å². The van der Waals surface area contributed by atoms with Gasteiger partial charge >= 0.3 is 6.18 Å². The molecule has 0 aliphatic heterocycles. The van der Waals surface area contributed by atoms with E-state index in [1.54, 1.807) is 12.1 Å². The van der Waals surface area contributed by atoms with Gasteiger partial charge in [0.05, 0.1) is 0 Å². The quantitative estimate of drug-likeness (QED) is 0.892. The van der Waals surface area contributed by atoms with Gasteiger partial charge in [0.2, 0.25) is 0 Å². The number of benzene rings is 1. The van der Waals surface area contributed by atoms with Crippen LogP contribution in [0, 0.1) is 0 Å².